The summed E-state index contributed by atoms with van der Waals surface area (Å²) >= 11 is 1.97. The van der Waals surface area contributed by atoms with E-state index in [9.17, 15) is 1.37 Å². The van der Waals surface area contributed by atoms with Crippen molar-refractivity contribution in [1.82, 2.24) is 0 Å². The molecule has 4 aromatic carbocycles. The van der Waals surface area contributed by atoms with Crippen LogP contribution in [0.25, 0.3) is 43.6 Å². The highest BCUT2D eigenvalue weighted by molar-refractivity contribution is 8.00. The fourth-order valence-corrected chi connectivity index (χ4v) is 8.42. The zero-order chi connectivity index (χ0) is 31.2. The number of benzene rings is 4. The molecule has 2 heteroatoms. The molecule has 0 N–H and O–H groups in total. The number of pyridine rings is 1. The van der Waals surface area contributed by atoms with E-state index in [0.717, 1.165) is 19.3 Å². The summed E-state index contributed by atoms with van der Waals surface area (Å²) in [5.74, 6) is 0. The van der Waals surface area contributed by atoms with Crippen LogP contribution in [0.15, 0.2) is 64.5 Å². The Bertz CT molecular complexity index is 1940. The minimum atomic E-state index is 0.138. The third-order valence-corrected chi connectivity index (χ3v) is 9.75. The lowest BCUT2D eigenvalue weighted by Gasteiger charge is -2.29. The molecule has 5 aromatic rings. The summed E-state index contributed by atoms with van der Waals surface area (Å²) in [6, 6.07) is 18.6. The first-order valence-corrected chi connectivity index (χ1v) is 16.4. The van der Waals surface area contributed by atoms with Crippen molar-refractivity contribution in [1.29, 1.82) is 0 Å². The molecule has 0 fully saturated rings. The van der Waals surface area contributed by atoms with Crippen LogP contribution in [-0.4, -0.2) is 0 Å². The highest BCUT2D eigenvalue weighted by Crippen LogP contribution is 2.54. The molecule has 0 aliphatic carbocycles. The molecule has 1 nitrogen and oxygen atoms in total. The van der Waals surface area contributed by atoms with Crippen LogP contribution in [0, 0.1) is 23.2 Å². The van der Waals surface area contributed by atoms with Crippen LogP contribution < -0.4 is 4.57 Å². The zero-order valence-electron chi connectivity index (χ0n) is 28.6. The Morgan fingerprint density at radius 1 is 0.714 bits per heavy atom. The van der Waals surface area contributed by atoms with E-state index in [1.807, 2.05) is 11.8 Å². The van der Waals surface area contributed by atoms with Crippen LogP contribution in [-0.2, 0) is 26.3 Å². The number of hydrogen-bond acceptors (Lipinski definition) is 1. The van der Waals surface area contributed by atoms with Gasteiger partial charge in [0.15, 0.2) is 6.17 Å². The lowest BCUT2D eigenvalue weighted by molar-refractivity contribution is -0.659. The van der Waals surface area contributed by atoms with E-state index in [1.165, 1.54) is 75.6 Å². The number of fused-ring (bicyclic) bond motifs is 5. The van der Waals surface area contributed by atoms with Crippen molar-refractivity contribution in [3.63, 3.8) is 0 Å². The lowest BCUT2D eigenvalue weighted by Crippen LogP contribution is -2.32. The molecule has 1 aliphatic heterocycles. The molecule has 0 bridgehead atoms. The highest BCUT2D eigenvalue weighted by atomic mass is 32.2. The summed E-state index contributed by atoms with van der Waals surface area (Å²) in [5, 5.41) is 7.84. The predicted octanol–water partition coefficient (Wildman–Crippen LogP) is 11.2. The lowest BCUT2D eigenvalue weighted by atomic mass is 9.81. The average Bonchev–Trinajstić information content (AvgIpc) is 2.87. The molecule has 42 heavy (non-hydrogen) atoms. The Hall–Kier alpha value is -2.84. The number of aromatic nitrogens is 1. The first kappa shape index (κ1) is 28.0. The van der Waals surface area contributed by atoms with Gasteiger partial charge in [-0.2, -0.15) is 0 Å². The third-order valence-electron chi connectivity index (χ3n) is 8.55. The number of aryl methyl sites for hydroxylation is 1. The van der Waals surface area contributed by atoms with Crippen molar-refractivity contribution >= 4 is 44.1 Å². The Balaban J connectivity index is 1.75. The second-order valence-electron chi connectivity index (χ2n) is 16.4. The average molecular weight is 576 g/mol. The van der Waals surface area contributed by atoms with Crippen LogP contribution in [0.4, 0.5) is 0 Å². The number of rotatable bonds is 3. The minimum absolute atomic E-state index is 0.138. The monoisotopic (exact) mass is 575 g/mol. The molecule has 1 aromatic heterocycles. The molecule has 1 aliphatic rings. The van der Waals surface area contributed by atoms with Crippen molar-refractivity contribution < 1.29 is 5.94 Å². The summed E-state index contributed by atoms with van der Waals surface area (Å²) in [6.07, 6.45) is 3.63. The molecule has 0 atom stereocenters. The minimum Gasteiger partial charge on any atom is -0.200 e. The zero-order valence-corrected chi connectivity index (χ0v) is 28.4. The van der Waals surface area contributed by atoms with E-state index in [0.29, 0.717) is 6.17 Å². The van der Waals surface area contributed by atoms with Crippen molar-refractivity contribution in [3.05, 3.63) is 77.0 Å². The van der Waals surface area contributed by atoms with Gasteiger partial charge in [-0.1, -0.05) is 110 Å². The van der Waals surface area contributed by atoms with Gasteiger partial charge in [0.1, 0.15) is 8.42 Å². The fraction of sp³-hybridized carbons (Fsp3) is 0.425. The second-order valence-corrected chi connectivity index (χ2v) is 17.4. The molecule has 0 spiro atoms. The van der Waals surface area contributed by atoms with Gasteiger partial charge in [-0.15, -0.1) is 0 Å². The molecular formula is C40H48NS+. The van der Waals surface area contributed by atoms with Gasteiger partial charge in [0.05, 0.1) is 10.9 Å². The predicted molar refractivity (Wildman–Crippen MR) is 184 cm³/mol. The standard InChI is InChI=1S/C40H48NS/c1-24-30-19-25(21-38(2,3)4)15-16-28(30)32(23-40(8,9)10)37-34(24)36-35-29(17-18-41(36)11)27-14-12-13-26(22-39(5,6)7)31(27)20-33(35)42-37/h12-20H,21-23H2,1-11H3/q+1/i18D. The molecule has 0 unspecified atom stereocenters. The number of nitrogens with zero attached hydrogens (tertiary/aromatic N) is 1. The van der Waals surface area contributed by atoms with Crippen molar-refractivity contribution in [2.45, 2.75) is 98.3 Å². The van der Waals surface area contributed by atoms with Gasteiger partial charge in [0.25, 0.3) is 0 Å². The normalized spacial score (nSPS) is 14.1. The van der Waals surface area contributed by atoms with Gasteiger partial charge < -0.3 is 0 Å². The van der Waals surface area contributed by atoms with E-state index >= 15 is 0 Å². The van der Waals surface area contributed by atoms with E-state index in [-0.39, 0.29) is 16.2 Å². The van der Waals surface area contributed by atoms with Crippen LogP contribution in [0.3, 0.4) is 0 Å². The Labute approximate surface area is 259 Å². The Morgan fingerprint density at radius 3 is 2.07 bits per heavy atom. The van der Waals surface area contributed by atoms with Gasteiger partial charge in [-0.3, -0.25) is 0 Å². The van der Waals surface area contributed by atoms with Crippen molar-refractivity contribution in [2.75, 3.05) is 0 Å². The molecule has 0 saturated heterocycles. The molecule has 218 valence electrons. The highest BCUT2D eigenvalue weighted by Gasteiger charge is 2.33. The van der Waals surface area contributed by atoms with Gasteiger partial charge >= 0.3 is 0 Å². The molecule has 0 amide bonds. The van der Waals surface area contributed by atoms with Crippen molar-refractivity contribution in [2.24, 2.45) is 23.3 Å². The van der Waals surface area contributed by atoms with Crippen LogP contribution in [0.2, 0.25) is 0 Å². The fourth-order valence-electron chi connectivity index (χ4n) is 7.05. The van der Waals surface area contributed by atoms with Crippen LogP contribution in [0.1, 0.15) is 85.9 Å². The van der Waals surface area contributed by atoms with Gasteiger partial charge in [-0.05, 0) is 92.3 Å². The summed E-state index contributed by atoms with van der Waals surface area (Å²) in [4.78, 5) is 2.70. The molecule has 0 saturated carbocycles. The van der Waals surface area contributed by atoms with Gasteiger partial charge in [0.2, 0.25) is 5.69 Å². The third kappa shape index (κ3) is 5.25. The SMILES string of the molecule is [2H]c1cc2c3c(cc4c(CC(C)(C)C)cccc42)Sc2c(c(C)c4cc(CC(C)(C)C)ccc4c2CC(C)(C)C)-c3[n+]1C. The summed E-state index contributed by atoms with van der Waals surface area (Å²) < 4.78 is 11.3. The maximum Gasteiger partial charge on any atom is 0.222 e. The molecular weight excluding hydrogens is 527 g/mol. The Kier molecular flexibility index (Phi) is 6.55. The maximum atomic E-state index is 9.17. The van der Waals surface area contributed by atoms with Crippen molar-refractivity contribution in [3.8, 4) is 11.3 Å². The second kappa shape index (κ2) is 9.84. The van der Waals surface area contributed by atoms with E-state index < -0.39 is 0 Å². The molecule has 6 rings (SSSR count). The van der Waals surface area contributed by atoms with Crippen LogP contribution >= 0.6 is 11.8 Å². The summed E-state index contributed by atoms with van der Waals surface area (Å²) in [6.45, 7) is 23.3. The maximum absolute atomic E-state index is 9.17. The molecule has 0 radical (unpaired) electrons. The molecule has 2 heterocycles. The first-order valence-electron chi connectivity index (χ1n) is 16.1. The van der Waals surface area contributed by atoms with E-state index in [4.69, 9.17) is 0 Å². The summed E-state index contributed by atoms with van der Waals surface area (Å²) in [5.41, 5.74) is 8.66. The number of hydrogen-bond donors (Lipinski definition) is 0. The topological polar surface area (TPSA) is 3.88 Å². The van der Waals surface area contributed by atoms with Gasteiger partial charge in [0, 0.05) is 21.2 Å². The van der Waals surface area contributed by atoms with E-state index in [1.54, 1.807) is 0 Å². The first-order chi connectivity index (χ1) is 19.9. The van der Waals surface area contributed by atoms with Gasteiger partial charge in [-0.25, -0.2) is 4.57 Å². The van der Waals surface area contributed by atoms with E-state index in [2.05, 4.69) is 129 Å². The Morgan fingerprint density at radius 2 is 1.40 bits per heavy atom. The summed E-state index contributed by atoms with van der Waals surface area (Å²) in [7, 11) is 2.09. The quantitative estimate of drug-likeness (QED) is 0.150. The largest absolute Gasteiger partial charge is 0.222 e. The van der Waals surface area contributed by atoms with Crippen LogP contribution in [0.5, 0.6) is 0 Å². The smallest absolute Gasteiger partial charge is 0.200 e.